The van der Waals surface area contributed by atoms with Crippen LogP contribution in [0.1, 0.15) is 12.8 Å². The minimum Gasteiger partial charge on any atom is -0.861 e. The summed E-state index contributed by atoms with van der Waals surface area (Å²) >= 11 is 0. The van der Waals surface area contributed by atoms with E-state index in [2.05, 4.69) is 19.5 Å². The van der Waals surface area contributed by atoms with E-state index in [1.54, 1.807) is 35.5 Å². The summed E-state index contributed by atoms with van der Waals surface area (Å²) in [6.45, 7) is 0.487. The molecule has 0 aliphatic rings. The van der Waals surface area contributed by atoms with Crippen LogP contribution in [-0.4, -0.2) is 35.6 Å². The lowest BCUT2D eigenvalue weighted by Gasteiger charge is -2.07. The SMILES string of the molecule is CS(=O)(=O)N=C([O-])CCC[n+]1ccc(-c2ncccn2)cn1. The fourth-order valence-corrected chi connectivity index (χ4v) is 2.18. The van der Waals surface area contributed by atoms with E-state index in [9.17, 15) is 13.5 Å². The Bertz CT molecular complexity index is 745. The van der Waals surface area contributed by atoms with Gasteiger partial charge in [-0.25, -0.2) is 18.4 Å². The highest BCUT2D eigenvalue weighted by Gasteiger charge is 2.06. The second-order valence-corrected chi connectivity index (χ2v) is 6.22. The predicted octanol–water partition coefficient (Wildman–Crippen LogP) is -0.675. The van der Waals surface area contributed by atoms with Crippen LogP contribution in [0.3, 0.4) is 0 Å². The van der Waals surface area contributed by atoms with Gasteiger partial charge in [0, 0.05) is 30.4 Å². The Kier molecular flexibility index (Phi) is 5.10. The largest absolute Gasteiger partial charge is 0.861 e. The Hall–Kier alpha value is -2.42. The van der Waals surface area contributed by atoms with E-state index < -0.39 is 15.9 Å². The zero-order valence-corrected chi connectivity index (χ0v) is 12.8. The molecule has 8 nitrogen and oxygen atoms in total. The molecule has 2 aromatic rings. The maximum absolute atomic E-state index is 11.3. The van der Waals surface area contributed by atoms with E-state index in [-0.39, 0.29) is 6.42 Å². The van der Waals surface area contributed by atoms with Crippen LogP contribution < -0.4 is 9.79 Å². The molecule has 0 saturated carbocycles. The van der Waals surface area contributed by atoms with Gasteiger partial charge in [-0.15, -0.1) is 0 Å². The molecule has 0 saturated heterocycles. The number of hydrogen-bond donors (Lipinski definition) is 0. The zero-order chi connectivity index (χ0) is 16.0. The van der Waals surface area contributed by atoms with Gasteiger partial charge in [-0.05, 0) is 23.5 Å². The first-order chi connectivity index (χ1) is 10.4. The van der Waals surface area contributed by atoms with Gasteiger partial charge in [0.15, 0.2) is 18.6 Å². The van der Waals surface area contributed by atoms with Crippen LogP contribution in [-0.2, 0) is 16.6 Å². The van der Waals surface area contributed by atoms with Gasteiger partial charge >= 0.3 is 0 Å². The van der Waals surface area contributed by atoms with Gasteiger partial charge in [-0.3, -0.25) is 0 Å². The van der Waals surface area contributed by atoms with Gasteiger partial charge in [-0.1, -0.05) is 4.68 Å². The van der Waals surface area contributed by atoms with Gasteiger partial charge in [0.05, 0.1) is 6.26 Å². The summed E-state index contributed by atoms with van der Waals surface area (Å²) < 4.78 is 26.4. The summed E-state index contributed by atoms with van der Waals surface area (Å²) in [6.07, 6.45) is 8.11. The Balaban J connectivity index is 1.91. The summed E-state index contributed by atoms with van der Waals surface area (Å²) in [6, 6.07) is 3.56. The minimum absolute atomic E-state index is 0.0608. The maximum atomic E-state index is 11.3. The lowest BCUT2D eigenvalue weighted by Crippen LogP contribution is -2.37. The second kappa shape index (κ2) is 7.03. The van der Waals surface area contributed by atoms with Crippen molar-refractivity contribution in [3.63, 3.8) is 0 Å². The molecule has 0 fully saturated rings. The average molecular weight is 321 g/mol. The first kappa shape index (κ1) is 16.0. The summed E-state index contributed by atoms with van der Waals surface area (Å²) in [4.78, 5) is 8.25. The van der Waals surface area contributed by atoms with Crippen LogP contribution in [0.2, 0.25) is 0 Å². The van der Waals surface area contributed by atoms with E-state index in [0.29, 0.717) is 18.8 Å². The van der Waals surface area contributed by atoms with Crippen molar-refractivity contribution < 1.29 is 18.2 Å². The Labute approximate surface area is 128 Å². The molecule has 0 radical (unpaired) electrons. The van der Waals surface area contributed by atoms with Gasteiger partial charge in [0.2, 0.25) is 10.0 Å². The van der Waals surface area contributed by atoms with Crippen molar-refractivity contribution in [2.24, 2.45) is 4.40 Å². The highest BCUT2D eigenvalue weighted by Crippen LogP contribution is 2.09. The van der Waals surface area contributed by atoms with Gasteiger partial charge < -0.3 is 5.11 Å². The standard InChI is InChI=1S/C13H15N5O3S/c1-22(20,21)17-12(19)4-2-8-18-9-5-11(10-16-18)13-14-6-3-7-15-13/h3,5-7,9-10H,2,4,8H2,1H3. The molecule has 0 atom stereocenters. The molecule has 0 unspecified atom stereocenters. The van der Waals surface area contributed by atoms with Crippen molar-refractivity contribution in [2.45, 2.75) is 19.4 Å². The van der Waals surface area contributed by atoms with E-state index >= 15 is 0 Å². The highest BCUT2D eigenvalue weighted by molar-refractivity contribution is 7.89. The molecular weight excluding hydrogens is 306 g/mol. The molecule has 0 aliphatic carbocycles. The van der Waals surface area contributed by atoms with Crippen LogP contribution in [0.5, 0.6) is 0 Å². The second-order valence-electron chi connectivity index (χ2n) is 4.57. The maximum Gasteiger partial charge on any atom is 0.249 e. The number of aromatic nitrogens is 4. The number of aryl methyl sites for hydroxylation is 1. The van der Waals surface area contributed by atoms with Gasteiger partial charge in [-0.2, -0.15) is 4.40 Å². The normalized spacial score (nSPS) is 12.3. The molecular formula is C13H15N5O3S. The number of sulfonamides is 1. The van der Waals surface area contributed by atoms with Gasteiger partial charge in [0.1, 0.15) is 6.20 Å². The third-order valence-electron chi connectivity index (χ3n) is 2.64. The third-order valence-corrected chi connectivity index (χ3v) is 3.18. The van der Waals surface area contributed by atoms with E-state index in [1.165, 1.54) is 0 Å². The van der Waals surface area contributed by atoms with Crippen LogP contribution >= 0.6 is 0 Å². The Morgan fingerprint density at radius 2 is 2.09 bits per heavy atom. The van der Waals surface area contributed by atoms with Crippen LogP contribution in [0.15, 0.2) is 41.3 Å². The third kappa shape index (κ3) is 5.17. The van der Waals surface area contributed by atoms with E-state index in [1.807, 2.05) is 6.07 Å². The van der Waals surface area contributed by atoms with Crippen molar-refractivity contribution in [3.05, 3.63) is 36.9 Å². The molecule has 9 heteroatoms. The minimum atomic E-state index is -3.62. The lowest BCUT2D eigenvalue weighted by molar-refractivity contribution is -0.754. The molecule has 2 heterocycles. The van der Waals surface area contributed by atoms with E-state index in [4.69, 9.17) is 0 Å². The molecule has 0 spiro atoms. The zero-order valence-electron chi connectivity index (χ0n) is 12.0. The number of hydrogen-bond acceptors (Lipinski definition) is 6. The molecule has 0 aliphatic heterocycles. The molecule has 2 rings (SSSR count). The molecule has 0 aromatic carbocycles. The number of nitrogens with zero attached hydrogens (tertiary/aromatic N) is 5. The van der Waals surface area contributed by atoms with Gasteiger partial charge in [0.25, 0.3) is 0 Å². The topological polar surface area (TPSA) is 112 Å². The van der Waals surface area contributed by atoms with Crippen molar-refractivity contribution in [3.8, 4) is 11.4 Å². The van der Waals surface area contributed by atoms with Crippen molar-refractivity contribution >= 4 is 15.9 Å². The molecule has 0 bridgehead atoms. The molecule has 116 valence electrons. The summed E-state index contributed by atoms with van der Waals surface area (Å²) in [7, 11) is -3.62. The summed E-state index contributed by atoms with van der Waals surface area (Å²) in [5, 5.41) is 15.5. The Morgan fingerprint density at radius 3 is 2.68 bits per heavy atom. The molecule has 2 aromatic heterocycles. The quantitative estimate of drug-likeness (QED) is 0.396. The van der Waals surface area contributed by atoms with Crippen molar-refractivity contribution in [1.82, 2.24) is 15.1 Å². The van der Waals surface area contributed by atoms with E-state index in [0.717, 1.165) is 11.8 Å². The summed E-state index contributed by atoms with van der Waals surface area (Å²) in [5.41, 5.74) is 0.792. The highest BCUT2D eigenvalue weighted by atomic mass is 32.2. The first-order valence-corrected chi connectivity index (χ1v) is 8.38. The molecule has 0 N–H and O–H groups in total. The van der Waals surface area contributed by atoms with Crippen molar-refractivity contribution in [1.29, 1.82) is 0 Å². The fourth-order valence-electron chi connectivity index (χ4n) is 1.72. The molecule has 22 heavy (non-hydrogen) atoms. The number of rotatable bonds is 6. The fraction of sp³-hybridized carbons (Fsp3) is 0.308. The lowest BCUT2D eigenvalue weighted by atomic mass is 10.3. The average Bonchev–Trinajstić information content (AvgIpc) is 2.47. The van der Waals surface area contributed by atoms with Crippen LogP contribution in [0, 0.1) is 0 Å². The van der Waals surface area contributed by atoms with Crippen molar-refractivity contribution in [2.75, 3.05) is 6.26 Å². The Morgan fingerprint density at radius 1 is 1.36 bits per heavy atom. The monoisotopic (exact) mass is 321 g/mol. The first-order valence-electron chi connectivity index (χ1n) is 6.53. The van der Waals surface area contributed by atoms with Crippen LogP contribution in [0.25, 0.3) is 11.4 Å². The predicted molar refractivity (Wildman–Crippen MR) is 77.0 cm³/mol. The summed E-state index contributed by atoms with van der Waals surface area (Å²) in [5.74, 6) is -0.0540. The smallest absolute Gasteiger partial charge is 0.249 e. The molecule has 0 amide bonds. The van der Waals surface area contributed by atoms with Crippen LogP contribution in [0.4, 0.5) is 0 Å².